The maximum absolute atomic E-state index is 13.1. The minimum absolute atomic E-state index is 0.156. The van der Waals surface area contributed by atoms with E-state index in [1.54, 1.807) is 18.2 Å². The Bertz CT molecular complexity index is 831. The molecule has 4 rings (SSSR count). The van der Waals surface area contributed by atoms with Crippen molar-refractivity contribution in [2.45, 2.75) is 30.6 Å². The van der Waals surface area contributed by atoms with E-state index in [-0.39, 0.29) is 10.8 Å². The van der Waals surface area contributed by atoms with Crippen LogP contribution in [0.4, 0.5) is 0 Å². The molecular formula is C20H29N3O5S. The molecule has 0 unspecified atom stereocenters. The molecule has 0 aromatic heterocycles. The van der Waals surface area contributed by atoms with Crippen molar-refractivity contribution < 1.29 is 22.7 Å². The van der Waals surface area contributed by atoms with Gasteiger partial charge in [-0.1, -0.05) is 0 Å². The third-order valence-corrected chi connectivity index (χ3v) is 7.65. The smallest absolute Gasteiger partial charge is 0.243 e. The summed E-state index contributed by atoms with van der Waals surface area (Å²) in [5, 5.41) is 0. The molecule has 0 saturated carbocycles. The lowest BCUT2D eigenvalue weighted by Gasteiger charge is -2.35. The topological polar surface area (TPSA) is 79.4 Å². The zero-order valence-electron chi connectivity index (χ0n) is 16.7. The Balaban J connectivity index is 1.36. The van der Waals surface area contributed by atoms with Crippen LogP contribution in [0.3, 0.4) is 0 Å². The SMILES string of the molecule is O=C(CN1CCN(S(=O)(=O)c2ccc3c(c2)OCCCO3)CC1)N1CCCCC1. The van der Waals surface area contributed by atoms with Gasteiger partial charge in [0, 0.05) is 51.8 Å². The number of likely N-dealkylation sites (tertiary alicyclic amines) is 1. The predicted octanol–water partition coefficient (Wildman–Crippen LogP) is 1.17. The first-order chi connectivity index (χ1) is 14.0. The number of hydrogen-bond donors (Lipinski definition) is 0. The third-order valence-electron chi connectivity index (χ3n) is 5.76. The van der Waals surface area contributed by atoms with Crippen molar-refractivity contribution in [1.82, 2.24) is 14.1 Å². The summed E-state index contributed by atoms with van der Waals surface area (Å²) in [5.41, 5.74) is 0. The fraction of sp³-hybridized carbons (Fsp3) is 0.650. The van der Waals surface area contributed by atoms with E-state index in [2.05, 4.69) is 4.90 Å². The Hall–Kier alpha value is -1.84. The number of amides is 1. The number of sulfonamides is 1. The molecule has 0 bridgehead atoms. The van der Waals surface area contributed by atoms with Gasteiger partial charge in [0.2, 0.25) is 15.9 Å². The second-order valence-electron chi connectivity index (χ2n) is 7.78. The van der Waals surface area contributed by atoms with Gasteiger partial charge in [-0.15, -0.1) is 0 Å². The van der Waals surface area contributed by atoms with E-state index in [0.717, 1.165) is 32.4 Å². The summed E-state index contributed by atoms with van der Waals surface area (Å²) in [6.07, 6.45) is 4.12. The second-order valence-corrected chi connectivity index (χ2v) is 9.72. The summed E-state index contributed by atoms with van der Waals surface area (Å²) in [6, 6.07) is 4.80. The molecule has 8 nitrogen and oxygen atoms in total. The minimum Gasteiger partial charge on any atom is -0.490 e. The van der Waals surface area contributed by atoms with Crippen molar-refractivity contribution in [1.29, 1.82) is 0 Å². The molecule has 0 aliphatic carbocycles. The molecule has 3 aliphatic heterocycles. The van der Waals surface area contributed by atoms with Gasteiger partial charge in [0.25, 0.3) is 0 Å². The highest BCUT2D eigenvalue weighted by Crippen LogP contribution is 2.33. The van der Waals surface area contributed by atoms with Gasteiger partial charge in [-0.2, -0.15) is 4.31 Å². The molecule has 160 valence electrons. The fourth-order valence-corrected chi connectivity index (χ4v) is 5.45. The summed E-state index contributed by atoms with van der Waals surface area (Å²) in [5.74, 6) is 1.22. The number of piperidine rings is 1. The molecule has 0 radical (unpaired) electrons. The molecule has 0 atom stereocenters. The summed E-state index contributed by atoms with van der Waals surface area (Å²) in [4.78, 5) is 16.7. The van der Waals surface area contributed by atoms with Crippen LogP contribution in [-0.2, 0) is 14.8 Å². The summed E-state index contributed by atoms with van der Waals surface area (Å²) >= 11 is 0. The van der Waals surface area contributed by atoms with E-state index in [1.165, 1.54) is 10.7 Å². The number of nitrogens with zero attached hydrogens (tertiary/aromatic N) is 3. The summed E-state index contributed by atoms with van der Waals surface area (Å²) in [7, 11) is -3.60. The molecule has 2 fully saturated rings. The molecule has 1 aromatic carbocycles. The molecular weight excluding hydrogens is 394 g/mol. The maximum Gasteiger partial charge on any atom is 0.243 e. The van der Waals surface area contributed by atoms with Gasteiger partial charge in [-0.25, -0.2) is 8.42 Å². The Morgan fingerprint density at radius 2 is 1.55 bits per heavy atom. The van der Waals surface area contributed by atoms with Crippen molar-refractivity contribution in [3.63, 3.8) is 0 Å². The van der Waals surface area contributed by atoms with Crippen LogP contribution in [0.5, 0.6) is 11.5 Å². The number of fused-ring (bicyclic) bond motifs is 1. The number of ether oxygens (including phenoxy) is 2. The first kappa shape index (κ1) is 20.4. The van der Waals surface area contributed by atoms with Crippen LogP contribution in [0.2, 0.25) is 0 Å². The number of benzene rings is 1. The molecule has 0 N–H and O–H groups in total. The molecule has 29 heavy (non-hydrogen) atoms. The number of carbonyl (C=O) groups is 1. The summed E-state index contributed by atoms with van der Waals surface area (Å²) < 4.78 is 38.9. The highest BCUT2D eigenvalue weighted by molar-refractivity contribution is 7.89. The molecule has 9 heteroatoms. The lowest BCUT2D eigenvalue weighted by molar-refractivity contribution is -0.133. The third kappa shape index (κ3) is 4.67. The normalized spacial score (nSPS) is 21.6. The standard InChI is InChI=1S/C20H29N3O5S/c24-20(22-7-2-1-3-8-22)16-21-9-11-23(12-10-21)29(25,26)17-5-6-18-19(15-17)28-14-4-13-27-18/h5-6,15H,1-4,7-14,16H2. The maximum atomic E-state index is 13.1. The van der Waals surface area contributed by atoms with Crippen LogP contribution < -0.4 is 9.47 Å². The molecule has 0 spiro atoms. The molecule has 3 heterocycles. The zero-order valence-corrected chi connectivity index (χ0v) is 17.5. The van der Waals surface area contributed by atoms with Crippen molar-refractivity contribution in [2.24, 2.45) is 0 Å². The van der Waals surface area contributed by atoms with E-state index in [9.17, 15) is 13.2 Å². The van der Waals surface area contributed by atoms with E-state index in [4.69, 9.17) is 9.47 Å². The molecule has 1 aromatic rings. The monoisotopic (exact) mass is 423 g/mol. The van der Waals surface area contributed by atoms with Crippen LogP contribution in [0, 0.1) is 0 Å². The highest BCUT2D eigenvalue weighted by atomic mass is 32.2. The van der Waals surface area contributed by atoms with Gasteiger partial charge >= 0.3 is 0 Å². The minimum atomic E-state index is -3.60. The first-order valence-electron chi connectivity index (χ1n) is 10.4. The van der Waals surface area contributed by atoms with E-state index in [0.29, 0.717) is 57.4 Å². The van der Waals surface area contributed by atoms with E-state index < -0.39 is 10.0 Å². The van der Waals surface area contributed by atoms with E-state index >= 15 is 0 Å². The predicted molar refractivity (Wildman–Crippen MR) is 108 cm³/mol. The van der Waals surface area contributed by atoms with Crippen molar-refractivity contribution >= 4 is 15.9 Å². The van der Waals surface area contributed by atoms with Gasteiger partial charge in [0.15, 0.2) is 11.5 Å². The van der Waals surface area contributed by atoms with Crippen LogP contribution in [0.15, 0.2) is 23.1 Å². The molecule has 3 aliphatic rings. The fourth-order valence-electron chi connectivity index (χ4n) is 4.02. The van der Waals surface area contributed by atoms with Gasteiger partial charge in [-0.3, -0.25) is 9.69 Å². The van der Waals surface area contributed by atoms with Crippen molar-refractivity contribution in [3.8, 4) is 11.5 Å². The Morgan fingerprint density at radius 3 is 2.28 bits per heavy atom. The lowest BCUT2D eigenvalue weighted by atomic mass is 10.1. The van der Waals surface area contributed by atoms with Gasteiger partial charge in [0.05, 0.1) is 24.7 Å². The van der Waals surface area contributed by atoms with Crippen LogP contribution in [0.1, 0.15) is 25.7 Å². The van der Waals surface area contributed by atoms with Gasteiger partial charge in [-0.05, 0) is 31.4 Å². The molecule has 1 amide bonds. The van der Waals surface area contributed by atoms with E-state index in [1.807, 2.05) is 4.90 Å². The number of carbonyl (C=O) groups excluding carboxylic acids is 1. The molecule has 2 saturated heterocycles. The van der Waals surface area contributed by atoms with Crippen LogP contribution >= 0.6 is 0 Å². The average Bonchev–Trinajstić information content (AvgIpc) is 2.99. The number of piperazine rings is 1. The first-order valence-corrected chi connectivity index (χ1v) is 11.9. The quantitative estimate of drug-likeness (QED) is 0.723. The highest BCUT2D eigenvalue weighted by Gasteiger charge is 2.30. The number of hydrogen-bond acceptors (Lipinski definition) is 6. The van der Waals surface area contributed by atoms with Crippen LogP contribution in [0.25, 0.3) is 0 Å². The van der Waals surface area contributed by atoms with Crippen molar-refractivity contribution in [2.75, 3.05) is 59.0 Å². The van der Waals surface area contributed by atoms with Gasteiger partial charge in [0.1, 0.15) is 0 Å². The Kier molecular flexibility index (Phi) is 6.26. The summed E-state index contributed by atoms with van der Waals surface area (Å²) in [6.45, 7) is 5.02. The van der Waals surface area contributed by atoms with Crippen molar-refractivity contribution in [3.05, 3.63) is 18.2 Å². The number of rotatable bonds is 4. The zero-order chi connectivity index (χ0) is 20.3. The second kappa shape index (κ2) is 8.89. The van der Waals surface area contributed by atoms with Gasteiger partial charge < -0.3 is 14.4 Å². The van der Waals surface area contributed by atoms with Crippen LogP contribution in [-0.4, -0.2) is 87.5 Å². The Labute approximate surface area is 172 Å². The Morgan fingerprint density at radius 1 is 0.862 bits per heavy atom. The lowest BCUT2D eigenvalue weighted by Crippen LogP contribution is -2.51. The largest absolute Gasteiger partial charge is 0.490 e. The average molecular weight is 424 g/mol.